The number of carboxylic acids is 1. The number of hydrogen-bond acceptors (Lipinski definition) is 4. The van der Waals surface area contributed by atoms with Crippen LogP contribution in [-0.4, -0.2) is 38.5 Å². The summed E-state index contributed by atoms with van der Waals surface area (Å²) in [5.74, 6) is -1.63. The summed E-state index contributed by atoms with van der Waals surface area (Å²) in [6.07, 6.45) is 0. The van der Waals surface area contributed by atoms with E-state index in [0.717, 1.165) is 0 Å². The second-order valence-electron chi connectivity index (χ2n) is 4.85. The molecule has 0 amide bonds. The van der Waals surface area contributed by atoms with Gasteiger partial charge in [-0.1, -0.05) is 37.3 Å². The van der Waals surface area contributed by atoms with Gasteiger partial charge >= 0.3 is 5.97 Å². The maximum atomic E-state index is 12.1. The van der Waals surface area contributed by atoms with Crippen molar-refractivity contribution in [2.75, 3.05) is 19.0 Å². The maximum Gasteiger partial charge on any atom is 0.326 e. The Morgan fingerprint density at radius 3 is 2.48 bits per heavy atom. The predicted molar refractivity (Wildman–Crippen MR) is 79.4 cm³/mol. The van der Waals surface area contributed by atoms with E-state index in [4.69, 9.17) is 4.74 Å². The van der Waals surface area contributed by atoms with Gasteiger partial charge in [0.05, 0.1) is 12.4 Å². The van der Waals surface area contributed by atoms with E-state index in [-0.39, 0.29) is 11.7 Å². The van der Waals surface area contributed by atoms with Crippen molar-refractivity contribution in [3.05, 3.63) is 35.9 Å². The van der Waals surface area contributed by atoms with E-state index in [9.17, 15) is 18.3 Å². The van der Waals surface area contributed by atoms with Crippen LogP contribution in [0.25, 0.3) is 0 Å². The van der Waals surface area contributed by atoms with Crippen molar-refractivity contribution >= 4 is 16.0 Å². The van der Waals surface area contributed by atoms with Crippen LogP contribution >= 0.6 is 0 Å². The Labute approximate surface area is 125 Å². The van der Waals surface area contributed by atoms with Gasteiger partial charge in [-0.05, 0) is 18.4 Å². The summed E-state index contributed by atoms with van der Waals surface area (Å²) in [4.78, 5) is 11.3. The lowest BCUT2D eigenvalue weighted by Gasteiger charge is -2.17. The zero-order valence-electron chi connectivity index (χ0n) is 12.2. The Hall–Kier alpha value is -1.44. The van der Waals surface area contributed by atoms with Gasteiger partial charge in [-0.2, -0.15) is 4.72 Å². The highest BCUT2D eigenvalue weighted by atomic mass is 32.2. The van der Waals surface area contributed by atoms with Crippen LogP contribution in [0.5, 0.6) is 0 Å². The molecule has 7 heteroatoms. The van der Waals surface area contributed by atoms with Crippen LogP contribution in [0, 0.1) is 5.92 Å². The number of hydrogen-bond donors (Lipinski definition) is 2. The molecule has 0 heterocycles. The molecule has 2 N–H and O–H groups in total. The van der Waals surface area contributed by atoms with Crippen molar-refractivity contribution in [1.29, 1.82) is 0 Å². The quantitative estimate of drug-likeness (QED) is 0.718. The van der Waals surface area contributed by atoms with Gasteiger partial charge in [0.25, 0.3) is 0 Å². The molecule has 0 aromatic heterocycles. The van der Waals surface area contributed by atoms with Gasteiger partial charge in [-0.25, -0.2) is 8.42 Å². The smallest absolute Gasteiger partial charge is 0.326 e. The van der Waals surface area contributed by atoms with Crippen LogP contribution in [0.3, 0.4) is 0 Å². The number of rotatable bonds is 9. The molecule has 0 fully saturated rings. The number of carboxylic acid groups (broad SMARTS) is 1. The third-order valence-corrected chi connectivity index (χ3v) is 4.39. The normalized spacial score (nSPS) is 14.6. The third kappa shape index (κ3) is 6.24. The molecule has 0 bridgehead atoms. The van der Waals surface area contributed by atoms with Crippen molar-refractivity contribution in [2.24, 2.45) is 5.92 Å². The summed E-state index contributed by atoms with van der Waals surface area (Å²) in [6, 6.07) is 6.93. The molecule has 0 saturated carbocycles. The monoisotopic (exact) mass is 315 g/mol. The minimum Gasteiger partial charge on any atom is -0.480 e. The lowest BCUT2D eigenvalue weighted by molar-refractivity contribution is -0.139. The van der Waals surface area contributed by atoms with Crippen molar-refractivity contribution in [1.82, 2.24) is 4.72 Å². The van der Waals surface area contributed by atoms with Crippen LogP contribution in [0.15, 0.2) is 30.3 Å². The Morgan fingerprint density at radius 1 is 1.33 bits per heavy atom. The van der Waals surface area contributed by atoms with Crippen molar-refractivity contribution in [2.45, 2.75) is 19.9 Å². The van der Waals surface area contributed by atoms with Gasteiger partial charge in [0.2, 0.25) is 10.0 Å². The molecule has 0 aliphatic heterocycles. The molecule has 1 unspecified atom stereocenters. The Kier molecular flexibility index (Phi) is 6.80. The molecule has 6 nitrogen and oxygen atoms in total. The average molecular weight is 315 g/mol. The molecule has 2 atom stereocenters. The molecular formula is C14H21NO5S. The minimum atomic E-state index is -3.71. The fourth-order valence-electron chi connectivity index (χ4n) is 1.88. The van der Waals surface area contributed by atoms with Gasteiger partial charge < -0.3 is 9.84 Å². The molecule has 1 aromatic carbocycles. The molecule has 0 saturated heterocycles. The van der Waals surface area contributed by atoms with Gasteiger partial charge in [0.15, 0.2) is 0 Å². The predicted octanol–water partition coefficient (Wildman–Crippen LogP) is 1.40. The first-order valence-electron chi connectivity index (χ1n) is 6.71. The second-order valence-corrected chi connectivity index (χ2v) is 6.64. The highest BCUT2D eigenvalue weighted by molar-refractivity contribution is 7.89. The highest BCUT2D eigenvalue weighted by Gasteiger charge is 2.26. The number of carbonyl (C=O) groups is 1. The maximum absolute atomic E-state index is 12.1. The fourth-order valence-corrected chi connectivity index (χ4v) is 3.41. The van der Waals surface area contributed by atoms with Crippen LogP contribution in [0.1, 0.15) is 25.5 Å². The first-order valence-corrected chi connectivity index (χ1v) is 8.36. The van der Waals surface area contributed by atoms with E-state index in [1.54, 1.807) is 37.3 Å². The molecule has 118 valence electrons. The van der Waals surface area contributed by atoms with E-state index in [1.807, 2.05) is 6.92 Å². The lowest BCUT2D eigenvalue weighted by atomic mass is 10.1. The van der Waals surface area contributed by atoms with E-state index in [2.05, 4.69) is 4.72 Å². The molecule has 0 aliphatic carbocycles. The largest absolute Gasteiger partial charge is 0.480 e. The highest BCUT2D eigenvalue weighted by Crippen LogP contribution is 2.15. The molecule has 1 rings (SSSR count). The van der Waals surface area contributed by atoms with Crippen molar-refractivity contribution in [3.8, 4) is 0 Å². The lowest BCUT2D eigenvalue weighted by Crippen LogP contribution is -2.37. The number of benzene rings is 1. The summed E-state index contributed by atoms with van der Waals surface area (Å²) in [5, 5.41) is 9.21. The summed E-state index contributed by atoms with van der Waals surface area (Å²) in [5.41, 5.74) is 0.394. The molecule has 0 spiro atoms. The zero-order valence-corrected chi connectivity index (χ0v) is 13.0. The van der Waals surface area contributed by atoms with Gasteiger partial charge in [-0.15, -0.1) is 0 Å². The van der Waals surface area contributed by atoms with Crippen LogP contribution < -0.4 is 4.72 Å². The fraction of sp³-hybridized carbons (Fsp3) is 0.500. The van der Waals surface area contributed by atoms with Gasteiger partial charge in [0.1, 0.15) is 6.04 Å². The molecule has 21 heavy (non-hydrogen) atoms. The molecule has 0 radical (unpaired) electrons. The van der Waals surface area contributed by atoms with Crippen LogP contribution in [0.2, 0.25) is 0 Å². The number of sulfonamides is 1. The van der Waals surface area contributed by atoms with E-state index in [1.165, 1.54) is 0 Å². The molecular weight excluding hydrogens is 294 g/mol. The zero-order chi connectivity index (χ0) is 15.9. The van der Waals surface area contributed by atoms with Crippen molar-refractivity contribution < 1.29 is 23.1 Å². The summed E-state index contributed by atoms with van der Waals surface area (Å²) >= 11 is 0. The van der Waals surface area contributed by atoms with Crippen molar-refractivity contribution in [3.63, 3.8) is 0 Å². The number of aliphatic carboxylic acids is 1. The van der Waals surface area contributed by atoms with Crippen LogP contribution in [0.4, 0.5) is 0 Å². The third-order valence-electron chi connectivity index (χ3n) is 2.79. The number of ether oxygens (including phenoxy) is 1. The topological polar surface area (TPSA) is 92.7 Å². The van der Waals surface area contributed by atoms with E-state index in [0.29, 0.717) is 18.8 Å². The summed E-state index contributed by atoms with van der Waals surface area (Å²) in [7, 11) is -3.71. The average Bonchev–Trinajstić information content (AvgIpc) is 2.43. The van der Waals surface area contributed by atoms with Crippen LogP contribution in [-0.2, 0) is 19.6 Å². The number of nitrogens with one attached hydrogen (secondary N) is 1. The summed E-state index contributed by atoms with van der Waals surface area (Å²) < 4.78 is 31.5. The molecule has 1 aromatic rings. The minimum absolute atomic E-state index is 0.177. The van der Waals surface area contributed by atoms with Gasteiger partial charge in [-0.3, -0.25) is 4.79 Å². The first kappa shape index (κ1) is 17.6. The summed E-state index contributed by atoms with van der Waals surface area (Å²) in [6.45, 7) is 4.41. The van der Waals surface area contributed by atoms with E-state index >= 15 is 0 Å². The van der Waals surface area contributed by atoms with Gasteiger partial charge in [0, 0.05) is 6.61 Å². The molecule has 0 aliphatic rings. The second kappa shape index (κ2) is 8.11. The first-order chi connectivity index (χ1) is 9.85. The SMILES string of the molecule is CCOCC(C)CS(=O)(=O)N[C@@H](C(=O)O)c1ccccc1. The van der Waals surface area contributed by atoms with E-state index < -0.39 is 22.0 Å². The Bertz CT molecular complexity index is 544. The Morgan fingerprint density at radius 2 is 1.95 bits per heavy atom. The standard InChI is InChI=1S/C14H21NO5S/c1-3-20-9-11(2)10-21(18,19)15-13(14(16)17)12-7-5-4-6-8-12/h4-8,11,13,15H,3,9-10H2,1-2H3,(H,16,17)/t11?,13-/m1/s1. The Balaban J connectivity index is 2.77.